The highest BCUT2D eigenvalue weighted by Gasteiger charge is 2.41. The van der Waals surface area contributed by atoms with Crippen molar-refractivity contribution < 1.29 is 26.8 Å². The molecule has 1 rings (SSSR count). The van der Waals surface area contributed by atoms with Crippen LogP contribution in [-0.2, 0) is 9.22 Å². The zero-order valence-corrected chi connectivity index (χ0v) is 19.6. The van der Waals surface area contributed by atoms with Gasteiger partial charge in [0.1, 0.15) is 0 Å². The molecular formula is C22H30F4N2O2Si. The maximum absolute atomic E-state index is 12.7. The predicted octanol–water partition coefficient (Wildman–Crippen LogP) is 5.37. The minimum Gasteiger partial charge on any atom is -0.414 e. The number of carbonyl (C=O) groups excluding carboxylic acids is 1. The minimum atomic E-state index is -4.95. The molecule has 0 saturated heterocycles. The summed E-state index contributed by atoms with van der Waals surface area (Å²) >= 11 is 0. The Labute approximate surface area is 182 Å². The number of rotatable bonds is 8. The maximum Gasteiger partial charge on any atom is 0.471 e. The molecular weight excluding hydrogens is 428 g/mol. The van der Waals surface area contributed by atoms with E-state index in [4.69, 9.17) is 4.43 Å². The third kappa shape index (κ3) is 10.1. The Morgan fingerprint density at radius 1 is 1.29 bits per heavy atom. The van der Waals surface area contributed by atoms with Crippen LogP contribution in [0.1, 0.15) is 45.6 Å². The average molecular weight is 459 g/mol. The van der Waals surface area contributed by atoms with E-state index in [0.717, 1.165) is 0 Å². The number of alkyl halides is 3. The lowest BCUT2D eigenvalue weighted by atomic mass is 10.2. The Kier molecular flexibility index (Phi) is 9.91. The van der Waals surface area contributed by atoms with Gasteiger partial charge in [-0.1, -0.05) is 44.8 Å². The summed E-state index contributed by atoms with van der Waals surface area (Å²) in [5.74, 6) is 3.25. The molecule has 0 spiro atoms. The fraction of sp³-hybridized carbons (Fsp3) is 0.545. The molecule has 0 saturated carbocycles. The first kappa shape index (κ1) is 26.9. The molecule has 31 heavy (non-hydrogen) atoms. The van der Waals surface area contributed by atoms with Gasteiger partial charge in [0.25, 0.3) is 0 Å². The molecule has 0 aromatic carbocycles. The van der Waals surface area contributed by atoms with Crippen molar-refractivity contribution in [2.24, 2.45) is 0 Å². The summed E-state index contributed by atoms with van der Waals surface area (Å²) < 4.78 is 56.7. The second-order valence-electron chi connectivity index (χ2n) is 8.64. The quantitative estimate of drug-likeness (QED) is 0.142. The van der Waals surface area contributed by atoms with Crippen LogP contribution in [0.3, 0.4) is 0 Å². The Balaban J connectivity index is 2.62. The largest absolute Gasteiger partial charge is 0.471 e. The van der Waals surface area contributed by atoms with Crippen LogP contribution in [0.25, 0.3) is 0 Å². The summed E-state index contributed by atoms with van der Waals surface area (Å²) in [6.07, 6.45) is 1.47. The standard InChI is InChI=1S/C22H30F4N2O2Si/c1-21(2,3)31(4,5)30-16-18(28-20(29)22(24,25)26)12-10-8-6-7-9-11-17-13-14-19(23)27-15-17/h10,12-15,18H,6-8,16H2,1-5H3,(H,28,29)/t18-/m1/s1. The number of aromatic nitrogens is 1. The summed E-state index contributed by atoms with van der Waals surface area (Å²) in [7, 11) is -2.18. The number of hydrogen-bond acceptors (Lipinski definition) is 3. The molecule has 0 unspecified atom stereocenters. The van der Waals surface area contributed by atoms with Crippen LogP contribution in [-0.4, -0.2) is 38.0 Å². The lowest BCUT2D eigenvalue weighted by Crippen LogP contribution is -2.48. The summed E-state index contributed by atoms with van der Waals surface area (Å²) in [6.45, 7) is 10.1. The van der Waals surface area contributed by atoms with Gasteiger partial charge in [0, 0.05) is 18.2 Å². The number of allylic oxidation sites excluding steroid dienone is 1. The lowest BCUT2D eigenvalue weighted by Gasteiger charge is -2.37. The molecule has 0 radical (unpaired) electrons. The van der Waals surface area contributed by atoms with Gasteiger partial charge in [-0.15, -0.1) is 0 Å². The lowest BCUT2D eigenvalue weighted by molar-refractivity contribution is -0.174. The van der Waals surface area contributed by atoms with Crippen molar-refractivity contribution in [3.05, 3.63) is 42.0 Å². The van der Waals surface area contributed by atoms with Crippen molar-refractivity contribution in [3.63, 3.8) is 0 Å². The van der Waals surface area contributed by atoms with E-state index < -0.39 is 32.4 Å². The first-order chi connectivity index (χ1) is 14.2. The highest BCUT2D eigenvalue weighted by atomic mass is 28.4. The van der Waals surface area contributed by atoms with Crippen LogP contribution < -0.4 is 5.32 Å². The van der Waals surface area contributed by atoms with Gasteiger partial charge in [0.2, 0.25) is 5.95 Å². The van der Waals surface area contributed by atoms with E-state index in [1.54, 1.807) is 6.08 Å². The normalized spacial score (nSPS) is 13.6. The number of halogens is 4. The third-order valence-electron chi connectivity index (χ3n) is 5.00. The molecule has 1 amide bonds. The van der Waals surface area contributed by atoms with E-state index >= 15 is 0 Å². The highest BCUT2D eigenvalue weighted by molar-refractivity contribution is 6.74. The van der Waals surface area contributed by atoms with Gasteiger partial charge in [-0.2, -0.15) is 17.6 Å². The molecule has 4 nitrogen and oxygen atoms in total. The van der Waals surface area contributed by atoms with Gasteiger partial charge in [-0.25, -0.2) is 4.98 Å². The van der Waals surface area contributed by atoms with Crippen molar-refractivity contribution in [3.8, 4) is 11.8 Å². The smallest absolute Gasteiger partial charge is 0.414 e. The summed E-state index contributed by atoms with van der Waals surface area (Å²) in [5.41, 5.74) is 0.606. The molecule has 0 aliphatic heterocycles. The molecule has 1 aromatic heterocycles. The van der Waals surface area contributed by atoms with Crippen molar-refractivity contribution >= 4 is 14.2 Å². The number of pyridine rings is 1. The number of unbranched alkanes of at least 4 members (excludes halogenated alkanes) is 2. The van der Waals surface area contributed by atoms with Crippen LogP contribution in [0.5, 0.6) is 0 Å². The van der Waals surface area contributed by atoms with E-state index in [2.05, 4.69) is 16.8 Å². The van der Waals surface area contributed by atoms with E-state index in [9.17, 15) is 22.4 Å². The van der Waals surface area contributed by atoms with Crippen molar-refractivity contribution in [1.29, 1.82) is 0 Å². The first-order valence-corrected chi connectivity index (χ1v) is 12.9. The number of hydrogen-bond donors (Lipinski definition) is 1. The zero-order valence-electron chi connectivity index (χ0n) is 18.6. The van der Waals surface area contributed by atoms with Crippen molar-refractivity contribution in [1.82, 2.24) is 10.3 Å². The third-order valence-corrected chi connectivity index (χ3v) is 9.51. The van der Waals surface area contributed by atoms with Crippen LogP contribution >= 0.6 is 0 Å². The predicted molar refractivity (Wildman–Crippen MR) is 115 cm³/mol. The number of nitrogens with one attached hydrogen (secondary N) is 1. The Morgan fingerprint density at radius 2 is 1.97 bits per heavy atom. The Hall–Kier alpha value is -2.18. The zero-order chi connectivity index (χ0) is 23.7. The molecule has 0 fully saturated rings. The van der Waals surface area contributed by atoms with Gasteiger partial charge in [-0.05, 0) is 43.1 Å². The van der Waals surface area contributed by atoms with Gasteiger partial charge in [-0.3, -0.25) is 4.79 Å². The van der Waals surface area contributed by atoms with Crippen LogP contribution in [0.4, 0.5) is 17.6 Å². The molecule has 0 aliphatic carbocycles. The Morgan fingerprint density at radius 3 is 2.52 bits per heavy atom. The SMILES string of the molecule is CC(C)(C)[Si](C)(C)OC[C@@H](C=CCCCC#Cc1ccc(F)nc1)NC(=O)C(F)(F)F. The van der Waals surface area contributed by atoms with E-state index in [1.807, 2.05) is 39.2 Å². The van der Waals surface area contributed by atoms with Gasteiger partial charge >= 0.3 is 12.1 Å². The number of nitrogens with zero attached hydrogens (tertiary/aromatic N) is 1. The van der Waals surface area contributed by atoms with Crippen LogP contribution in [0.2, 0.25) is 18.1 Å². The highest BCUT2D eigenvalue weighted by Crippen LogP contribution is 2.36. The van der Waals surface area contributed by atoms with E-state index in [1.165, 1.54) is 24.4 Å². The molecule has 1 N–H and O–H groups in total. The number of amides is 1. The Bertz CT molecular complexity index is 804. The molecule has 9 heteroatoms. The second-order valence-corrected chi connectivity index (χ2v) is 13.5. The molecule has 0 bridgehead atoms. The van der Waals surface area contributed by atoms with Gasteiger partial charge in [0.05, 0.1) is 12.6 Å². The second kappa shape index (κ2) is 11.4. The summed E-state index contributed by atoms with van der Waals surface area (Å²) in [4.78, 5) is 14.9. The molecule has 0 aliphatic rings. The van der Waals surface area contributed by atoms with Crippen LogP contribution in [0, 0.1) is 17.8 Å². The van der Waals surface area contributed by atoms with E-state index in [-0.39, 0.29) is 11.6 Å². The van der Waals surface area contributed by atoms with Gasteiger partial charge in [0.15, 0.2) is 8.32 Å². The fourth-order valence-corrected chi connectivity index (χ4v) is 3.12. The minimum absolute atomic E-state index is 0.0216. The molecule has 1 aromatic rings. The summed E-state index contributed by atoms with van der Waals surface area (Å²) in [6, 6.07) is 1.89. The van der Waals surface area contributed by atoms with E-state index in [0.29, 0.717) is 24.8 Å². The average Bonchev–Trinajstić information content (AvgIpc) is 2.64. The number of carbonyl (C=O) groups is 1. The summed E-state index contributed by atoms with van der Waals surface area (Å²) in [5, 5.41) is 1.89. The maximum atomic E-state index is 12.7. The van der Waals surface area contributed by atoms with Crippen molar-refractivity contribution in [2.75, 3.05) is 6.61 Å². The van der Waals surface area contributed by atoms with Crippen molar-refractivity contribution in [2.45, 2.75) is 70.4 Å². The fourth-order valence-electron chi connectivity index (χ4n) is 2.09. The monoisotopic (exact) mass is 458 g/mol. The molecule has 1 atom stereocenters. The van der Waals surface area contributed by atoms with Gasteiger partial charge < -0.3 is 9.74 Å². The molecule has 1 heterocycles. The molecule has 172 valence electrons. The van der Waals surface area contributed by atoms with Crippen LogP contribution in [0.15, 0.2) is 30.5 Å². The first-order valence-electron chi connectivity index (χ1n) is 10.0. The topological polar surface area (TPSA) is 51.2 Å².